The quantitative estimate of drug-likeness (QED) is 0.725. The molecular formula is C11H19NO2. The fourth-order valence-electron chi connectivity index (χ4n) is 2.78. The Morgan fingerprint density at radius 3 is 2.21 bits per heavy atom. The lowest BCUT2D eigenvalue weighted by molar-refractivity contribution is -0.139. The third-order valence-corrected chi connectivity index (χ3v) is 3.25. The maximum absolute atomic E-state index is 10.7. The average molecular weight is 197 g/mol. The van der Waals surface area contributed by atoms with Gasteiger partial charge in [0, 0.05) is 19.6 Å². The van der Waals surface area contributed by atoms with Gasteiger partial charge in [-0.3, -0.25) is 4.79 Å². The summed E-state index contributed by atoms with van der Waals surface area (Å²) >= 11 is 0. The molecule has 0 radical (unpaired) electrons. The van der Waals surface area contributed by atoms with Gasteiger partial charge in [0.25, 0.3) is 0 Å². The van der Waals surface area contributed by atoms with Gasteiger partial charge in [0.15, 0.2) is 0 Å². The molecule has 1 N–H and O–H groups in total. The van der Waals surface area contributed by atoms with Crippen molar-refractivity contribution < 1.29 is 9.90 Å². The number of carbonyl (C=O) groups is 1. The first-order chi connectivity index (χ1) is 6.38. The molecule has 2 aliphatic rings. The molecule has 80 valence electrons. The van der Waals surface area contributed by atoms with E-state index in [1.54, 1.807) is 0 Å². The number of nitrogens with zero attached hydrogens (tertiary/aromatic N) is 1. The van der Waals surface area contributed by atoms with Crippen molar-refractivity contribution >= 4 is 5.97 Å². The van der Waals surface area contributed by atoms with Gasteiger partial charge in [-0.05, 0) is 17.3 Å². The SMILES string of the molecule is CC(C)(C)CN1CC2C(C1)C2C(=O)O. The molecule has 1 saturated heterocycles. The molecular weight excluding hydrogens is 178 g/mol. The maximum atomic E-state index is 10.7. The summed E-state index contributed by atoms with van der Waals surface area (Å²) in [6, 6.07) is 0. The van der Waals surface area contributed by atoms with E-state index in [9.17, 15) is 4.79 Å². The van der Waals surface area contributed by atoms with E-state index < -0.39 is 5.97 Å². The van der Waals surface area contributed by atoms with Crippen LogP contribution in [0.2, 0.25) is 0 Å². The number of carboxylic acid groups (broad SMARTS) is 1. The Labute approximate surface area is 85.1 Å². The lowest BCUT2D eigenvalue weighted by Crippen LogP contribution is -2.33. The largest absolute Gasteiger partial charge is 0.481 e. The normalized spacial score (nSPS) is 36.9. The predicted octanol–water partition coefficient (Wildman–Crippen LogP) is 1.29. The van der Waals surface area contributed by atoms with Crippen LogP contribution >= 0.6 is 0 Å². The highest BCUT2D eigenvalue weighted by Gasteiger charge is 2.59. The van der Waals surface area contributed by atoms with Crippen LogP contribution in [0.3, 0.4) is 0 Å². The number of hydrogen-bond acceptors (Lipinski definition) is 2. The monoisotopic (exact) mass is 197 g/mol. The van der Waals surface area contributed by atoms with Crippen LogP contribution < -0.4 is 0 Å². The number of aliphatic carboxylic acids is 1. The highest BCUT2D eigenvalue weighted by Crippen LogP contribution is 2.52. The van der Waals surface area contributed by atoms with Crippen molar-refractivity contribution in [2.75, 3.05) is 19.6 Å². The first-order valence-corrected chi connectivity index (χ1v) is 5.34. The molecule has 2 fully saturated rings. The van der Waals surface area contributed by atoms with Crippen molar-refractivity contribution in [1.82, 2.24) is 4.90 Å². The average Bonchev–Trinajstić information content (AvgIpc) is 2.47. The second-order valence-electron chi connectivity index (χ2n) is 5.95. The zero-order valence-electron chi connectivity index (χ0n) is 9.16. The number of carboxylic acids is 1. The van der Waals surface area contributed by atoms with Crippen LogP contribution in [0.25, 0.3) is 0 Å². The van der Waals surface area contributed by atoms with Crippen molar-refractivity contribution in [1.29, 1.82) is 0 Å². The molecule has 0 bridgehead atoms. The molecule has 1 aliphatic heterocycles. The van der Waals surface area contributed by atoms with Gasteiger partial charge >= 0.3 is 5.97 Å². The molecule has 1 saturated carbocycles. The summed E-state index contributed by atoms with van der Waals surface area (Å²) in [5.41, 5.74) is 0.329. The molecule has 1 aliphatic carbocycles. The lowest BCUT2D eigenvalue weighted by Gasteiger charge is -2.27. The van der Waals surface area contributed by atoms with E-state index in [0.29, 0.717) is 17.3 Å². The molecule has 2 unspecified atom stereocenters. The van der Waals surface area contributed by atoms with E-state index in [4.69, 9.17) is 5.11 Å². The second-order valence-corrected chi connectivity index (χ2v) is 5.95. The Hall–Kier alpha value is -0.570. The topological polar surface area (TPSA) is 40.5 Å². The number of rotatable bonds is 2. The Bertz CT molecular complexity index is 245. The molecule has 2 rings (SSSR count). The van der Waals surface area contributed by atoms with Gasteiger partial charge in [0.05, 0.1) is 5.92 Å². The minimum Gasteiger partial charge on any atom is -0.481 e. The van der Waals surface area contributed by atoms with E-state index in [0.717, 1.165) is 19.6 Å². The van der Waals surface area contributed by atoms with Crippen LogP contribution in [-0.4, -0.2) is 35.6 Å². The zero-order valence-corrected chi connectivity index (χ0v) is 9.16. The van der Waals surface area contributed by atoms with Gasteiger partial charge in [-0.15, -0.1) is 0 Å². The lowest BCUT2D eigenvalue weighted by atomic mass is 9.96. The smallest absolute Gasteiger partial charge is 0.307 e. The number of fused-ring (bicyclic) bond motifs is 1. The number of hydrogen-bond donors (Lipinski definition) is 1. The fourth-order valence-corrected chi connectivity index (χ4v) is 2.78. The Kier molecular flexibility index (Phi) is 2.11. The van der Waals surface area contributed by atoms with E-state index in [1.165, 1.54) is 0 Å². The maximum Gasteiger partial charge on any atom is 0.307 e. The fraction of sp³-hybridized carbons (Fsp3) is 0.909. The van der Waals surface area contributed by atoms with Crippen molar-refractivity contribution in [2.45, 2.75) is 20.8 Å². The zero-order chi connectivity index (χ0) is 10.5. The van der Waals surface area contributed by atoms with Gasteiger partial charge in [0.2, 0.25) is 0 Å². The Morgan fingerprint density at radius 2 is 1.86 bits per heavy atom. The molecule has 14 heavy (non-hydrogen) atoms. The molecule has 0 aromatic heterocycles. The number of likely N-dealkylation sites (tertiary alicyclic amines) is 1. The first kappa shape index (κ1) is 9.97. The van der Waals surface area contributed by atoms with Crippen LogP contribution in [-0.2, 0) is 4.79 Å². The van der Waals surface area contributed by atoms with Crippen LogP contribution in [0, 0.1) is 23.2 Å². The summed E-state index contributed by atoms with van der Waals surface area (Å²) < 4.78 is 0. The van der Waals surface area contributed by atoms with Gasteiger partial charge in [-0.1, -0.05) is 20.8 Å². The summed E-state index contributed by atoms with van der Waals surface area (Å²) in [5.74, 6) is 0.298. The van der Waals surface area contributed by atoms with Gasteiger partial charge < -0.3 is 10.0 Å². The summed E-state index contributed by atoms with van der Waals surface area (Å²) in [6.07, 6.45) is 0. The Balaban J connectivity index is 1.82. The molecule has 2 atom stereocenters. The van der Waals surface area contributed by atoms with Gasteiger partial charge in [-0.25, -0.2) is 0 Å². The van der Waals surface area contributed by atoms with Crippen molar-refractivity contribution in [2.24, 2.45) is 23.2 Å². The van der Waals surface area contributed by atoms with E-state index in [1.807, 2.05) is 0 Å². The van der Waals surface area contributed by atoms with Gasteiger partial charge in [-0.2, -0.15) is 0 Å². The van der Waals surface area contributed by atoms with Crippen LogP contribution in [0.1, 0.15) is 20.8 Å². The van der Waals surface area contributed by atoms with Crippen LogP contribution in [0.5, 0.6) is 0 Å². The van der Waals surface area contributed by atoms with E-state index in [-0.39, 0.29) is 5.92 Å². The van der Waals surface area contributed by atoms with Crippen molar-refractivity contribution in [3.8, 4) is 0 Å². The molecule has 0 spiro atoms. The van der Waals surface area contributed by atoms with Crippen molar-refractivity contribution in [3.05, 3.63) is 0 Å². The molecule has 0 aromatic rings. The molecule has 1 heterocycles. The summed E-state index contributed by atoms with van der Waals surface area (Å²) in [6.45, 7) is 9.77. The highest BCUT2D eigenvalue weighted by molar-refractivity contribution is 5.74. The second kappa shape index (κ2) is 2.96. The summed E-state index contributed by atoms with van der Waals surface area (Å²) in [4.78, 5) is 13.2. The standard InChI is InChI=1S/C11H19NO2/c1-11(2,3)6-12-4-7-8(5-12)9(7)10(13)14/h7-9H,4-6H2,1-3H3,(H,13,14). The van der Waals surface area contributed by atoms with E-state index >= 15 is 0 Å². The predicted molar refractivity (Wildman–Crippen MR) is 54.0 cm³/mol. The third-order valence-electron chi connectivity index (χ3n) is 3.25. The summed E-state index contributed by atoms with van der Waals surface area (Å²) in [5, 5.41) is 8.86. The minimum absolute atomic E-state index is 0.0220. The molecule has 3 heteroatoms. The third kappa shape index (κ3) is 1.78. The number of piperidine rings is 1. The van der Waals surface area contributed by atoms with Crippen LogP contribution in [0.15, 0.2) is 0 Å². The van der Waals surface area contributed by atoms with E-state index in [2.05, 4.69) is 25.7 Å². The minimum atomic E-state index is -0.588. The molecule has 3 nitrogen and oxygen atoms in total. The van der Waals surface area contributed by atoms with Crippen molar-refractivity contribution in [3.63, 3.8) is 0 Å². The highest BCUT2D eigenvalue weighted by atomic mass is 16.4. The van der Waals surface area contributed by atoms with Crippen LogP contribution in [0.4, 0.5) is 0 Å². The first-order valence-electron chi connectivity index (χ1n) is 5.34. The Morgan fingerprint density at radius 1 is 1.36 bits per heavy atom. The van der Waals surface area contributed by atoms with Gasteiger partial charge in [0.1, 0.15) is 0 Å². The molecule has 0 aromatic carbocycles. The molecule has 0 amide bonds. The summed E-state index contributed by atoms with van der Waals surface area (Å²) in [7, 11) is 0.